The Morgan fingerprint density at radius 1 is 1.70 bits per heavy atom. The first kappa shape index (κ1) is 8.13. The molecular weight excluding hydrogens is 309 g/mol. The first-order valence-corrected chi connectivity index (χ1v) is 4.37. The van der Waals surface area contributed by atoms with E-state index in [9.17, 15) is 4.79 Å². The van der Waals surface area contributed by atoms with Crippen molar-refractivity contribution in [3.05, 3.63) is 26.0 Å². The number of nitrogens with zero attached hydrogens (tertiary/aromatic N) is 1. The molecule has 0 bridgehead atoms. The summed E-state index contributed by atoms with van der Waals surface area (Å²) in [6.07, 6.45) is 2.47. The van der Waals surface area contributed by atoms with Crippen LogP contribution in [-0.2, 0) is 0 Å². The lowest BCUT2D eigenvalue weighted by Gasteiger charge is -1.93. The second-order valence-corrected chi connectivity index (χ2v) is 3.65. The van der Waals surface area contributed by atoms with Gasteiger partial charge in [-0.1, -0.05) is 0 Å². The van der Waals surface area contributed by atoms with Crippen LogP contribution < -0.4 is 0 Å². The molecule has 0 aliphatic heterocycles. The Balaban J connectivity index is 3.21. The van der Waals surface area contributed by atoms with E-state index >= 15 is 0 Å². The van der Waals surface area contributed by atoms with Gasteiger partial charge in [-0.15, -0.1) is 0 Å². The Hall–Kier alpha value is 0.0300. The summed E-state index contributed by atoms with van der Waals surface area (Å²) in [4.78, 5) is 14.2. The third-order valence-electron chi connectivity index (χ3n) is 0.960. The summed E-state index contributed by atoms with van der Waals surface area (Å²) in [5.41, 5.74) is 0.590. The number of hydrogen-bond donors (Lipinski definition) is 0. The third kappa shape index (κ3) is 1.76. The van der Waals surface area contributed by atoms with Gasteiger partial charge in [-0.05, 0) is 44.6 Å². The molecule has 0 aromatic carbocycles. The fourth-order valence-corrected chi connectivity index (χ4v) is 1.31. The van der Waals surface area contributed by atoms with Gasteiger partial charge in [0, 0.05) is 15.3 Å². The van der Waals surface area contributed by atoms with E-state index in [-0.39, 0.29) is 0 Å². The molecule has 0 unspecified atom stereocenters. The molecule has 1 aromatic heterocycles. The topological polar surface area (TPSA) is 30.0 Å². The van der Waals surface area contributed by atoms with Crippen LogP contribution in [0.3, 0.4) is 0 Å². The lowest BCUT2D eigenvalue weighted by atomic mass is 10.3. The van der Waals surface area contributed by atoms with Crippen molar-refractivity contribution in [1.29, 1.82) is 0 Å². The van der Waals surface area contributed by atoms with Gasteiger partial charge in [-0.25, -0.2) is 4.98 Å². The quantitative estimate of drug-likeness (QED) is 0.452. The number of aromatic nitrogens is 1. The molecule has 4 heteroatoms. The molecule has 52 valence electrons. The lowest BCUT2D eigenvalue weighted by molar-refractivity contribution is 0.112. The normalized spacial score (nSPS) is 9.40. The Bertz CT molecular complexity index is 264. The maximum atomic E-state index is 10.3. The molecule has 0 aliphatic rings. The van der Waals surface area contributed by atoms with Crippen LogP contribution in [-0.4, -0.2) is 11.3 Å². The van der Waals surface area contributed by atoms with Gasteiger partial charge in [-0.3, -0.25) is 4.79 Å². The second-order valence-electron chi connectivity index (χ2n) is 1.65. The number of pyridine rings is 1. The van der Waals surface area contributed by atoms with Crippen molar-refractivity contribution in [2.45, 2.75) is 0 Å². The highest BCUT2D eigenvalue weighted by Gasteiger charge is 1.98. The summed E-state index contributed by atoms with van der Waals surface area (Å²) in [5.74, 6) is 0. The fourth-order valence-electron chi connectivity index (χ4n) is 0.521. The first-order valence-electron chi connectivity index (χ1n) is 2.50. The summed E-state index contributed by atoms with van der Waals surface area (Å²) in [6.45, 7) is 0. The van der Waals surface area contributed by atoms with E-state index in [0.717, 1.165) is 9.86 Å². The van der Waals surface area contributed by atoms with Gasteiger partial charge in [0.25, 0.3) is 0 Å². The Labute approximate surface area is 80.3 Å². The largest absolute Gasteiger partial charge is 0.298 e. The summed E-state index contributed by atoms with van der Waals surface area (Å²) in [6, 6.07) is 1.77. The van der Waals surface area contributed by atoms with Gasteiger partial charge in [0.2, 0.25) is 0 Å². The van der Waals surface area contributed by atoms with Crippen molar-refractivity contribution in [1.82, 2.24) is 4.98 Å². The zero-order chi connectivity index (χ0) is 7.56. The average Bonchev–Trinajstić information content (AvgIpc) is 1.94. The van der Waals surface area contributed by atoms with Gasteiger partial charge >= 0.3 is 0 Å². The van der Waals surface area contributed by atoms with Gasteiger partial charge < -0.3 is 0 Å². The predicted molar refractivity (Wildman–Crippen MR) is 50.0 cm³/mol. The maximum Gasteiger partial charge on any atom is 0.152 e. The molecule has 1 aromatic rings. The number of carbonyl (C=O) groups excluding carboxylic acids is 1. The van der Waals surface area contributed by atoms with E-state index in [4.69, 9.17) is 0 Å². The molecule has 0 atom stereocenters. The van der Waals surface area contributed by atoms with E-state index in [1.54, 1.807) is 12.3 Å². The van der Waals surface area contributed by atoms with Gasteiger partial charge in [0.05, 0.1) is 0 Å². The smallest absolute Gasteiger partial charge is 0.152 e. The minimum Gasteiger partial charge on any atom is -0.298 e. The number of halogens is 2. The molecule has 0 aliphatic carbocycles. The molecule has 2 nitrogen and oxygen atoms in total. The molecule has 0 spiro atoms. The Morgan fingerprint density at radius 3 is 2.90 bits per heavy atom. The van der Waals surface area contributed by atoms with Crippen LogP contribution in [0.5, 0.6) is 0 Å². The average molecular weight is 312 g/mol. The predicted octanol–water partition coefficient (Wildman–Crippen LogP) is 2.26. The summed E-state index contributed by atoms with van der Waals surface area (Å²) in [7, 11) is 0. The van der Waals surface area contributed by atoms with Gasteiger partial charge in [0.1, 0.15) is 4.60 Å². The second kappa shape index (κ2) is 3.43. The maximum absolute atomic E-state index is 10.3. The molecule has 0 saturated heterocycles. The highest BCUT2D eigenvalue weighted by Crippen LogP contribution is 2.13. The Morgan fingerprint density at radius 2 is 2.40 bits per heavy atom. The van der Waals surface area contributed by atoms with Gasteiger partial charge in [-0.2, -0.15) is 0 Å². The minimum atomic E-state index is 0.590. The lowest BCUT2D eigenvalue weighted by Crippen LogP contribution is -1.86. The number of carbonyl (C=O) groups is 1. The van der Waals surface area contributed by atoms with Crippen LogP contribution in [0.15, 0.2) is 16.9 Å². The standard InChI is InChI=1S/C6H3BrINO/c7-6-4(3-10)1-5(8)2-9-6/h1-3H. The van der Waals surface area contributed by atoms with E-state index in [1.165, 1.54) is 0 Å². The van der Waals surface area contributed by atoms with Crippen molar-refractivity contribution in [2.24, 2.45) is 0 Å². The highest BCUT2D eigenvalue weighted by atomic mass is 127. The molecular formula is C6H3BrINO. The van der Waals surface area contributed by atoms with Crippen molar-refractivity contribution in [3.8, 4) is 0 Å². The van der Waals surface area contributed by atoms with Crippen LogP contribution in [0.2, 0.25) is 0 Å². The monoisotopic (exact) mass is 311 g/mol. The van der Waals surface area contributed by atoms with Crippen LogP contribution in [0.25, 0.3) is 0 Å². The zero-order valence-electron chi connectivity index (χ0n) is 4.84. The molecule has 10 heavy (non-hydrogen) atoms. The fraction of sp³-hybridized carbons (Fsp3) is 0. The molecule has 0 N–H and O–H groups in total. The van der Waals surface area contributed by atoms with Crippen molar-refractivity contribution in [2.75, 3.05) is 0 Å². The van der Waals surface area contributed by atoms with Crippen LogP contribution >= 0.6 is 38.5 Å². The molecule has 1 heterocycles. The van der Waals surface area contributed by atoms with Crippen molar-refractivity contribution < 1.29 is 4.79 Å². The first-order chi connectivity index (χ1) is 4.74. The number of aldehydes is 1. The van der Waals surface area contributed by atoms with E-state index in [1.807, 2.05) is 0 Å². The molecule has 1 rings (SSSR count). The summed E-state index contributed by atoms with van der Waals surface area (Å²) >= 11 is 5.25. The number of rotatable bonds is 1. The molecule has 0 radical (unpaired) electrons. The van der Waals surface area contributed by atoms with Crippen molar-refractivity contribution >= 4 is 44.8 Å². The SMILES string of the molecule is O=Cc1cc(I)cnc1Br. The van der Waals surface area contributed by atoms with E-state index in [0.29, 0.717) is 10.2 Å². The summed E-state index contributed by atoms with van der Waals surface area (Å²) in [5, 5.41) is 0. The van der Waals surface area contributed by atoms with Crippen molar-refractivity contribution in [3.63, 3.8) is 0 Å². The van der Waals surface area contributed by atoms with Crippen LogP contribution in [0, 0.1) is 3.57 Å². The Kier molecular flexibility index (Phi) is 2.79. The number of hydrogen-bond acceptors (Lipinski definition) is 2. The summed E-state index contributed by atoms with van der Waals surface area (Å²) < 4.78 is 1.56. The van der Waals surface area contributed by atoms with Crippen LogP contribution in [0.1, 0.15) is 10.4 Å². The molecule has 0 fully saturated rings. The zero-order valence-corrected chi connectivity index (χ0v) is 8.59. The molecule has 0 amide bonds. The molecule has 0 saturated carbocycles. The van der Waals surface area contributed by atoms with E-state index in [2.05, 4.69) is 43.5 Å². The highest BCUT2D eigenvalue weighted by molar-refractivity contribution is 14.1. The third-order valence-corrected chi connectivity index (χ3v) is 2.21. The van der Waals surface area contributed by atoms with E-state index < -0.39 is 0 Å². The van der Waals surface area contributed by atoms with Gasteiger partial charge in [0.15, 0.2) is 6.29 Å². The minimum absolute atomic E-state index is 0.590. The van der Waals surface area contributed by atoms with Crippen LogP contribution in [0.4, 0.5) is 0 Å².